The lowest BCUT2D eigenvalue weighted by atomic mass is 10.1. The molecule has 1 amide bonds. The van der Waals surface area contributed by atoms with Crippen molar-refractivity contribution in [3.63, 3.8) is 0 Å². The third-order valence-electron chi connectivity index (χ3n) is 5.32. The summed E-state index contributed by atoms with van der Waals surface area (Å²) in [4.78, 5) is 30.7. The summed E-state index contributed by atoms with van der Waals surface area (Å²) in [7, 11) is 0. The van der Waals surface area contributed by atoms with E-state index in [-0.39, 0.29) is 35.5 Å². The van der Waals surface area contributed by atoms with Crippen LogP contribution in [0.5, 0.6) is 0 Å². The smallest absolute Gasteiger partial charge is 0.278 e. The number of aliphatic hydroxyl groups excluding tert-OH is 1. The quantitative estimate of drug-likeness (QED) is 0.334. The fourth-order valence-electron chi connectivity index (χ4n) is 3.60. The molecule has 4 rings (SSSR count). The zero-order valence-electron chi connectivity index (χ0n) is 17.4. The predicted octanol–water partition coefficient (Wildman–Crippen LogP) is 1.26. The molecule has 0 saturated carbocycles. The number of benzene rings is 1. The van der Waals surface area contributed by atoms with Crippen LogP contribution >= 0.6 is 0 Å². The van der Waals surface area contributed by atoms with Gasteiger partial charge in [-0.2, -0.15) is 0 Å². The Morgan fingerprint density at radius 1 is 1.23 bits per heavy atom. The SMILES string of the molecule is Cc1ccc(CNC(=O)c2cc3c(=O)n4cccc(C)c4nc3[n+](CCO)c2N)cc1. The lowest BCUT2D eigenvalue weighted by Crippen LogP contribution is -2.44. The van der Waals surface area contributed by atoms with E-state index in [1.165, 1.54) is 15.0 Å². The van der Waals surface area contributed by atoms with Gasteiger partial charge in [0.15, 0.2) is 0 Å². The van der Waals surface area contributed by atoms with Gasteiger partial charge in [0.2, 0.25) is 11.5 Å². The molecule has 3 heterocycles. The maximum atomic E-state index is 13.2. The third-order valence-corrected chi connectivity index (χ3v) is 5.32. The number of carbonyl (C=O) groups excluding carboxylic acids is 1. The van der Waals surface area contributed by atoms with Crippen molar-refractivity contribution in [2.24, 2.45) is 0 Å². The van der Waals surface area contributed by atoms with Crippen molar-refractivity contribution < 1.29 is 14.5 Å². The number of amides is 1. The van der Waals surface area contributed by atoms with E-state index in [1.54, 1.807) is 12.3 Å². The molecule has 0 atom stereocenters. The van der Waals surface area contributed by atoms with Gasteiger partial charge in [-0.15, -0.1) is 0 Å². The maximum Gasteiger partial charge on any atom is 0.278 e. The highest BCUT2D eigenvalue weighted by atomic mass is 16.3. The van der Waals surface area contributed by atoms with Crippen LogP contribution in [-0.4, -0.2) is 27.0 Å². The van der Waals surface area contributed by atoms with E-state index in [0.717, 1.165) is 16.7 Å². The van der Waals surface area contributed by atoms with Crippen LogP contribution in [0.3, 0.4) is 0 Å². The molecule has 8 heteroatoms. The van der Waals surface area contributed by atoms with E-state index in [1.807, 2.05) is 44.2 Å². The third kappa shape index (κ3) is 3.73. The highest BCUT2D eigenvalue weighted by molar-refractivity contribution is 6.00. The van der Waals surface area contributed by atoms with Gasteiger partial charge in [-0.1, -0.05) is 40.9 Å². The van der Waals surface area contributed by atoms with Crippen molar-refractivity contribution in [1.82, 2.24) is 14.7 Å². The largest absolute Gasteiger partial charge is 0.393 e. The molecule has 31 heavy (non-hydrogen) atoms. The summed E-state index contributed by atoms with van der Waals surface area (Å²) in [5.74, 6) is -0.256. The van der Waals surface area contributed by atoms with Gasteiger partial charge in [0.05, 0.1) is 13.2 Å². The number of hydrogen-bond donors (Lipinski definition) is 3. The molecule has 0 spiro atoms. The molecular formula is C23H24N5O3+. The minimum absolute atomic E-state index is 0.107. The second-order valence-corrected chi connectivity index (χ2v) is 7.53. The zero-order chi connectivity index (χ0) is 22.1. The Balaban J connectivity index is 1.83. The number of pyridine rings is 2. The van der Waals surface area contributed by atoms with Gasteiger partial charge >= 0.3 is 0 Å². The van der Waals surface area contributed by atoms with Gasteiger partial charge in [0.25, 0.3) is 17.1 Å². The minimum Gasteiger partial charge on any atom is -0.393 e. The number of aliphatic hydroxyl groups is 1. The summed E-state index contributed by atoms with van der Waals surface area (Å²) in [6.07, 6.45) is 1.64. The summed E-state index contributed by atoms with van der Waals surface area (Å²) in [5.41, 5.74) is 9.91. The first-order valence-corrected chi connectivity index (χ1v) is 9.99. The first kappa shape index (κ1) is 20.5. The Morgan fingerprint density at radius 3 is 2.68 bits per heavy atom. The second kappa shape index (κ2) is 8.16. The van der Waals surface area contributed by atoms with E-state index in [0.29, 0.717) is 17.8 Å². The van der Waals surface area contributed by atoms with E-state index >= 15 is 0 Å². The van der Waals surface area contributed by atoms with Crippen LogP contribution in [0.4, 0.5) is 5.82 Å². The number of aromatic nitrogens is 3. The fourth-order valence-corrected chi connectivity index (χ4v) is 3.60. The summed E-state index contributed by atoms with van der Waals surface area (Å²) < 4.78 is 2.97. The molecule has 1 aromatic carbocycles. The van der Waals surface area contributed by atoms with Crippen molar-refractivity contribution >= 4 is 28.4 Å². The highest BCUT2D eigenvalue weighted by Crippen LogP contribution is 2.16. The molecule has 0 saturated heterocycles. The first-order valence-electron chi connectivity index (χ1n) is 9.99. The van der Waals surface area contributed by atoms with E-state index in [4.69, 9.17) is 5.73 Å². The Bertz CT molecular complexity index is 1360. The Labute approximate surface area is 178 Å². The Kier molecular flexibility index (Phi) is 5.39. The summed E-state index contributed by atoms with van der Waals surface area (Å²) in [6.45, 7) is 4.07. The lowest BCUT2D eigenvalue weighted by Gasteiger charge is -2.12. The molecule has 0 radical (unpaired) electrons. The van der Waals surface area contributed by atoms with Gasteiger partial charge in [0.1, 0.15) is 10.9 Å². The van der Waals surface area contributed by atoms with Crippen LogP contribution < -0.4 is 21.2 Å². The number of fused-ring (bicyclic) bond motifs is 2. The van der Waals surface area contributed by atoms with Crippen LogP contribution in [0, 0.1) is 13.8 Å². The first-order chi connectivity index (χ1) is 14.9. The van der Waals surface area contributed by atoms with Gasteiger partial charge in [-0.05, 0) is 31.5 Å². The summed E-state index contributed by atoms with van der Waals surface area (Å²) in [6, 6.07) is 12.9. The van der Waals surface area contributed by atoms with Gasteiger partial charge < -0.3 is 16.2 Å². The van der Waals surface area contributed by atoms with Crippen molar-refractivity contribution in [3.8, 4) is 0 Å². The normalized spacial score (nSPS) is 11.2. The summed E-state index contributed by atoms with van der Waals surface area (Å²) in [5, 5.41) is 12.7. The highest BCUT2D eigenvalue weighted by Gasteiger charge is 2.24. The number of hydrogen-bond acceptors (Lipinski definition) is 5. The number of nitrogens with zero attached hydrogens (tertiary/aromatic N) is 3. The van der Waals surface area contributed by atoms with E-state index in [2.05, 4.69) is 10.3 Å². The number of anilines is 1. The number of carbonyl (C=O) groups is 1. The molecule has 0 unspecified atom stereocenters. The minimum atomic E-state index is -0.402. The fraction of sp³-hybridized carbons (Fsp3) is 0.217. The number of aryl methyl sites for hydroxylation is 2. The van der Waals surface area contributed by atoms with E-state index < -0.39 is 5.91 Å². The number of nitrogens with one attached hydrogen (secondary N) is 1. The molecule has 0 fully saturated rings. The molecule has 0 aliphatic heterocycles. The predicted molar refractivity (Wildman–Crippen MR) is 118 cm³/mol. The average molecular weight is 418 g/mol. The number of nitrogens with two attached hydrogens (primary N) is 1. The molecular weight excluding hydrogens is 394 g/mol. The number of rotatable bonds is 5. The van der Waals surface area contributed by atoms with Gasteiger partial charge in [0, 0.05) is 18.3 Å². The van der Waals surface area contributed by atoms with Crippen LogP contribution in [0.25, 0.3) is 16.7 Å². The molecule has 158 valence electrons. The number of nitrogen functional groups attached to an aromatic ring is 1. The molecule has 0 aliphatic carbocycles. The van der Waals surface area contributed by atoms with Crippen LogP contribution in [0.2, 0.25) is 0 Å². The van der Waals surface area contributed by atoms with Crippen LogP contribution in [0.1, 0.15) is 27.0 Å². The molecule has 4 N–H and O–H groups in total. The van der Waals surface area contributed by atoms with Gasteiger partial charge in [-0.25, -0.2) is 4.57 Å². The monoisotopic (exact) mass is 418 g/mol. The van der Waals surface area contributed by atoms with Crippen molar-refractivity contribution in [2.45, 2.75) is 26.9 Å². The topological polar surface area (TPSA) is 114 Å². The van der Waals surface area contributed by atoms with Crippen LogP contribution in [0.15, 0.2) is 53.5 Å². The van der Waals surface area contributed by atoms with Crippen LogP contribution in [-0.2, 0) is 13.1 Å². The lowest BCUT2D eigenvalue weighted by molar-refractivity contribution is -0.660. The molecule has 0 aliphatic rings. The Morgan fingerprint density at radius 2 is 1.97 bits per heavy atom. The van der Waals surface area contributed by atoms with Crippen molar-refractivity contribution in [3.05, 3.63) is 81.3 Å². The average Bonchev–Trinajstić information content (AvgIpc) is 2.76. The molecule has 4 aromatic rings. The standard InChI is InChI=1S/C23H23N5O3/c1-14-5-7-16(8-6-14)13-25-22(30)17-12-18-21(27(10-11-29)19(17)24)26-20-15(2)4-3-9-28(20)23(18)31/h3-9,12,24,29H,10-11,13H2,1-2H3,(H,25,30)/p+1. The molecule has 3 aromatic heterocycles. The molecule has 8 nitrogen and oxygen atoms in total. The molecule has 0 bridgehead atoms. The van der Waals surface area contributed by atoms with E-state index in [9.17, 15) is 14.7 Å². The summed E-state index contributed by atoms with van der Waals surface area (Å²) >= 11 is 0. The Hall–Kier alpha value is -3.78. The zero-order valence-corrected chi connectivity index (χ0v) is 17.4. The van der Waals surface area contributed by atoms with Crippen molar-refractivity contribution in [1.29, 1.82) is 0 Å². The second-order valence-electron chi connectivity index (χ2n) is 7.53. The maximum absolute atomic E-state index is 13.2. The van der Waals surface area contributed by atoms with Crippen molar-refractivity contribution in [2.75, 3.05) is 12.3 Å². The van der Waals surface area contributed by atoms with Gasteiger partial charge in [-0.3, -0.25) is 14.0 Å².